The first-order chi connectivity index (χ1) is 8.04. The molecular formula is C14H20ClNO. The fraction of sp³-hybridized carbons (Fsp3) is 0.500. The highest BCUT2D eigenvalue weighted by molar-refractivity contribution is 6.18. The minimum atomic E-state index is 0.116. The number of likely N-dealkylation sites (N-methyl/N-ethyl adjacent to an activating group) is 1. The van der Waals surface area contributed by atoms with E-state index in [1.165, 1.54) is 16.7 Å². The predicted octanol–water partition coefficient (Wildman–Crippen LogP) is 2.93. The molecule has 2 nitrogen and oxygen atoms in total. The van der Waals surface area contributed by atoms with Crippen LogP contribution in [0.3, 0.4) is 0 Å². The van der Waals surface area contributed by atoms with Crippen LogP contribution in [0.2, 0.25) is 0 Å². The summed E-state index contributed by atoms with van der Waals surface area (Å²) in [4.78, 5) is 13.3. The zero-order chi connectivity index (χ0) is 12.8. The van der Waals surface area contributed by atoms with Crippen LogP contribution in [0.25, 0.3) is 0 Å². The summed E-state index contributed by atoms with van der Waals surface area (Å²) in [6, 6.07) is 6.43. The van der Waals surface area contributed by atoms with Gasteiger partial charge in [0.05, 0.1) is 0 Å². The largest absolute Gasteiger partial charge is 0.345 e. The number of carbonyl (C=O) groups is 1. The molecule has 0 saturated carbocycles. The van der Waals surface area contributed by atoms with Gasteiger partial charge in [0.2, 0.25) is 5.91 Å². The third kappa shape index (κ3) is 4.39. The molecule has 0 atom stereocenters. The molecule has 0 fully saturated rings. The molecule has 1 rings (SSSR count). The molecule has 1 amide bonds. The van der Waals surface area contributed by atoms with Gasteiger partial charge in [-0.05, 0) is 31.4 Å². The summed E-state index contributed by atoms with van der Waals surface area (Å²) in [6.07, 6.45) is 1.32. The van der Waals surface area contributed by atoms with E-state index >= 15 is 0 Å². The van der Waals surface area contributed by atoms with Crippen molar-refractivity contribution in [2.45, 2.75) is 26.7 Å². The number of benzene rings is 1. The van der Waals surface area contributed by atoms with Crippen LogP contribution >= 0.6 is 11.6 Å². The molecule has 0 bridgehead atoms. The van der Waals surface area contributed by atoms with Crippen LogP contribution in [-0.2, 0) is 11.2 Å². The van der Waals surface area contributed by atoms with E-state index in [4.69, 9.17) is 11.6 Å². The van der Waals surface area contributed by atoms with Gasteiger partial charge in [-0.3, -0.25) is 4.79 Å². The van der Waals surface area contributed by atoms with E-state index in [1.807, 2.05) is 7.05 Å². The van der Waals surface area contributed by atoms with E-state index in [2.05, 4.69) is 32.0 Å². The van der Waals surface area contributed by atoms with E-state index in [-0.39, 0.29) is 5.91 Å². The van der Waals surface area contributed by atoms with E-state index < -0.39 is 0 Å². The molecule has 0 spiro atoms. The molecule has 94 valence electrons. The number of halogens is 1. The van der Waals surface area contributed by atoms with E-state index in [9.17, 15) is 4.79 Å². The first-order valence-electron chi connectivity index (χ1n) is 5.90. The molecule has 0 N–H and O–H groups in total. The second-order valence-corrected chi connectivity index (χ2v) is 4.81. The molecule has 0 aliphatic carbocycles. The number of hydrogen-bond donors (Lipinski definition) is 0. The molecule has 0 aliphatic rings. The third-order valence-corrected chi connectivity index (χ3v) is 3.14. The highest BCUT2D eigenvalue weighted by Gasteiger charge is 2.08. The Kier molecular flexibility index (Phi) is 5.49. The van der Waals surface area contributed by atoms with Gasteiger partial charge >= 0.3 is 0 Å². The third-order valence-electron chi connectivity index (χ3n) is 2.96. The molecular weight excluding hydrogens is 234 g/mol. The highest BCUT2D eigenvalue weighted by Crippen LogP contribution is 2.11. The Labute approximate surface area is 109 Å². The summed E-state index contributed by atoms with van der Waals surface area (Å²) in [5, 5.41) is 0. The monoisotopic (exact) mass is 253 g/mol. The highest BCUT2D eigenvalue weighted by atomic mass is 35.5. The molecule has 0 saturated heterocycles. The number of rotatable bonds is 5. The summed E-state index contributed by atoms with van der Waals surface area (Å²) in [6.45, 7) is 4.95. The van der Waals surface area contributed by atoms with Gasteiger partial charge < -0.3 is 4.90 Å². The number of nitrogens with zero attached hydrogens (tertiary/aromatic N) is 1. The van der Waals surface area contributed by atoms with Gasteiger partial charge in [-0.1, -0.05) is 23.8 Å². The topological polar surface area (TPSA) is 20.3 Å². The van der Waals surface area contributed by atoms with Crippen molar-refractivity contribution in [2.24, 2.45) is 0 Å². The Morgan fingerprint density at radius 1 is 1.35 bits per heavy atom. The number of alkyl halides is 1. The van der Waals surface area contributed by atoms with Crippen LogP contribution in [0, 0.1) is 13.8 Å². The normalized spacial score (nSPS) is 10.4. The lowest BCUT2D eigenvalue weighted by atomic mass is 10.0. The fourth-order valence-corrected chi connectivity index (χ4v) is 1.92. The Balaban J connectivity index is 2.55. The molecule has 1 aromatic rings. The summed E-state index contributed by atoms with van der Waals surface area (Å²) >= 11 is 5.56. The zero-order valence-corrected chi connectivity index (χ0v) is 11.5. The minimum Gasteiger partial charge on any atom is -0.345 e. The summed E-state index contributed by atoms with van der Waals surface area (Å²) in [5.41, 5.74) is 3.87. The average Bonchev–Trinajstić information content (AvgIpc) is 2.30. The zero-order valence-electron chi connectivity index (χ0n) is 10.8. The van der Waals surface area contributed by atoms with Crippen molar-refractivity contribution >= 4 is 17.5 Å². The van der Waals surface area contributed by atoms with Gasteiger partial charge in [0.1, 0.15) is 0 Å². The predicted molar refractivity (Wildman–Crippen MR) is 72.6 cm³/mol. The second-order valence-electron chi connectivity index (χ2n) is 4.43. The van der Waals surface area contributed by atoms with Crippen LogP contribution in [0.1, 0.15) is 23.1 Å². The van der Waals surface area contributed by atoms with Gasteiger partial charge in [-0.25, -0.2) is 0 Å². The smallest absolute Gasteiger partial charge is 0.223 e. The molecule has 0 heterocycles. The first-order valence-corrected chi connectivity index (χ1v) is 6.44. The molecule has 3 heteroatoms. The average molecular weight is 254 g/mol. The number of amides is 1. The Hall–Kier alpha value is -1.02. The lowest BCUT2D eigenvalue weighted by Gasteiger charge is -2.17. The molecule has 17 heavy (non-hydrogen) atoms. The van der Waals surface area contributed by atoms with Gasteiger partial charge in [0.15, 0.2) is 0 Å². The maximum atomic E-state index is 11.6. The van der Waals surface area contributed by atoms with Crippen LogP contribution in [-0.4, -0.2) is 30.3 Å². The number of hydrogen-bond acceptors (Lipinski definition) is 1. The van der Waals surface area contributed by atoms with E-state index in [0.29, 0.717) is 12.3 Å². The SMILES string of the molecule is Cc1ccc(C)c(CCN(C)C(=O)CCCl)c1. The van der Waals surface area contributed by atoms with Crippen LogP contribution in [0.5, 0.6) is 0 Å². The number of carbonyl (C=O) groups excluding carboxylic acids is 1. The molecule has 0 radical (unpaired) electrons. The molecule has 0 aromatic heterocycles. The Morgan fingerprint density at radius 2 is 2.06 bits per heavy atom. The molecule has 1 aromatic carbocycles. The van der Waals surface area contributed by atoms with Crippen molar-refractivity contribution in [1.82, 2.24) is 4.90 Å². The minimum absolute atomic E-state index is 0.116. The van der Waals surface area contributed by atoms with Crippen LogP contribution in [0.15, 0.2) is 18.2 Å². The lowest BCUT2D eigenvalue weighted by molar-refractivity contribution is -0.129. The van der Waals surface area contributed by atoms with Crippen molar-refractivity contribution in [3.8, 4) is 0 Å². The van der Waals surface area contributed by atoms with Gasteiger partial charge in [0.25, 0.3) is 0 Å². The van der Waals surface area contributed by atoms with Crippen molar-refractivity contribution in [2.75, 3.05) is 19.5 Å². The van der Waals surface area contributed by atoms with E-state index in [1.54, 1.807) is 4.90 Å². The van der Waals surface area contributed by atoms with E-state index in [0.717, 1.165) is 13.0 Å². The Morgan fingerprint density at radius 3 is 2.71 bits per heavy atom. The van der Waals surface area contributed by atoms with Crippen molar-refractivity contribution in [3.63, 3.8) is 0 Å². The molecule has 0 aliphatic heterocycles. The summed E-state index contributed by atoms with van der Waals surface area (Å²) < 4.78 is 0. The van der Waals surface area contributed by atoms with Gasteiger partial charge in [-0.2, -0.15) is 0 Å². The summed E-state index contributed by atoms with van der Waals surface area (Å²) in [5.74, 6) is 0.512. The quantitative estimate of drug-likeness (QED) is 0.739. The number of aryl methyl sites for hydroxylation is 2. The lowest BCUT2D eigenvalue weighted by Crippen LogP contribution is -2.29. The Bertz CT molecular complexity index is 390. The maximum Gasteiger partial charge on any atom is 0.223 e. The van der Waals surface area contributed by atoms with Crippen LogP contribution in [0.4, 0.5) is 0 Å². The van der Waals surface area contributed by atoms with Crippen molar-refractivity contribution < 1.29 is 4.79 Å². The van der Waals surface area contributed by atoms with Crippen molar-refractivity contribution in [3.05, 3.63) is 34.9 Å². The summed E-state index contributed by atoms with van der Waals surface area (Å²) in [7, 11) is 1.83. The van der Waals surface area contributed by atoms with Crippen LogP contribution < -0.4 is 0 Å². The second kappa shape index (κ2) is 6.65. The van der Waals surface area contributed by atoms with Gasteiger partial charge in [0, 0.05) is 25.9 Å². The standard InChI is InChI=1S/C14H20ClNO/c1-11-4-5-12(2)13(10-11)7-9-16(3)14(17)6-8-15/h4-5,10H,6-9H2,1-3H3. The molecule has 0 unspecified atom stereocenters. The fourth-order valence-electron chi connectivity index (χ4n) is 1.75. The first kappa shape index (κ1) is 14.0. The maximum absolute atomic E-state index is 11.6. The van der Waals surface area contributed by atoms with Crippen molar-refractivity contribution in [1.29, 1.82) is 0 Å². The van der Waals surface area contributed by atoms with Gasteiger partial charge in [-0.15, -0.1) is 11.6 Å².